The van der Waals surface area contributed by atoms with Gasteiger partial charge in [0.1, 0.15) is 0 Å². The molecule has 0 atom stereocenters. The van der Waals surface area contributed by atoms with Crippen molar-refractivity contribution in [1.29, 1.82) is 0 Å². The van der Waals surface area contributed by atoms with E-state index in [-0.39, 0.29) is 11.6 Å². The summed E-state index contributed by atoms with van der Waals surface area (Å²) in [7, 11) is 0. The number of rotatable bonds is 9. The molecule has 1 heterocycles. The predicted molar refractivity (Wildman–Crippen MR) is 77.5 cm³/mol. The molecule has 1 rings (SSSR count). The van der Waals surface area contributed by atoms with E-state index >= 15 is 0 Å². The fourth-order valence-corrected chi connectivity index (χ4v) is 2.03. The summed E-state index contributed by atoms with van der Waals surface area (Å²) in [5.74, 6) is 0.0989. The molecule has 1 aromatic heterocycles. The summed E-state index contributed by atoms with van der Waals surface area (Å²) < 4.78 is 5.96. The Morgan fingerprint density at radius 1 is 1.32 bits per heavy atom. The molecule has 0 amide bonds. The van der Waals surface area contributed by atoms with E-state index in [2.05, 4.69) is 27.8 Å². The van der Waals surface area contributed by atoms with Crippen LogP contribution in [0.25, 0.3) is 0 Å². The summed E-state index contributed by atoms with van der Waals surface area (Å²) in [5.41, 5.74) is -0.0969. The lowest BCUT2D eigenvalue weighted by molar-refractivity contribution is -0.386. The van der Waals surface area contributed by atoms with Crippen LogP contribution < -0.4 is 4.74 Å². The molecule has 0 aromatic carbocycles. The van der Waals surface area contributed by atoms with E-state index in [0.717, 1.165) is 12.8 Å². The molecule has 5 nitrogen and oxygen atoms in total. The molecule has 106 valence electrons. The number of nitrogens with zero attached hydrogens (tertiary/aromatic N) is 2. The molecule has 0 aliphatic heterocycles. The fourth-order valence-electron chi connectivity index (χ4n) is 1.71. The Morgan fingerprint density at radius 3 is 2.68 bits per heavy atom. The van der Waals surface area contributed by atoms with Crippen LogP contribution in [0.4, 0.5) is 5.69 Å². The van der Waals surface area contributed by atoms with Crippen molar-refractivity contribution in [2.45, 2.75) is 45.4 Å². The molecule has 0 saturated heterocycles. The second-order valence-electron chi connectivity index (χ2n) is 4.35. The highest BCUT2D eigenvalue weighted by atomic mass is 79.9. The van der Waals surface area contributed by atoms with Crippen LogP contribution in [-0.4, -0.2) is 16.5 Å². The monoisotopic (exact) mass is 330 g/mol. The highest BCUT2D eigenvalue weighted by molar-refractivity contribution is 9.10. The minimum atomic E-state index is -0.478. The molecule has 0 unspecified atom stereocenters. The van der Waals surface area contributed by atoms with Crippen molar-refractivity contribution in [2.75, 3.05) is 6.61 Å². The molecule has 1 aromatic rings. The molecule has 0 spiro atoms. The molecule has 0 aliphatic rings. The van der Waals surface area contributed by atoms with E-state index in [4.69, 9.17) is 4.74 Å². The SMILES string of the molecule is CCCCCCCCOc1ncc(Br)cc1[N+](=O)[O-]. The first-order valence-corrected chi connectivity index (χ1v) is 7.37. The van der Waals surface area contributed by atoms with Crippen LogP contribution >= 0.6 is 15.9 Å². The maximum atomic E-state index is 10.8. The van der Waals surface area contributed by atoms with Gasteiger partial charge in [-0.25, -0.2) is 4.98 Å². The summed E-state index contributed by atoms with van der Waals surface area (Å²) in [6.45, 7) is 2.66. The molecule has 0 aliphatic carbocycles. The molecule has 0 bridgehead atoms. The van der Waals surface area contributed by atoms with E-state index in [1.54, 1.807) is 0 Å². The summed E-state index contributed by atoms with van der Waals surface area (Å²) >= 11 is 3.16. The van der Waals surface area contributed by atoms with Gasteiger partial charge in [0.15, 0.2) is 0 Å². The average Bonchev–Trinajstić information content (AvgIpc) is 2.39. The van der Waals surface area contributed by atoms with Gasteiger partial charge in [0.25, 0.3) is 5.88 Å². The Morgan fingerprint density at radius 2 is 2.00 bits per heavy atom. The highest BCUT2D eigenvalue weighted by Gasteiger charge is 2.17. The molecular formula is C13H19BrN2O3. The van der Waals surface area contributed by atoms with Crippen LogP contribution in [0.3, 0.4) is 0 Å². The number of ether oxygens (including phenoxy) is 1. The average molecular weight is 331 g/mol. The first kappa shape index (κ1) is 15.9. The van der Waals surface area contributed by atoms with Crippen molar-refractivity contribution in [1.82, 2.24) is 4.98 Å². The van der Waals surface area contributed by atoms with Crippen molar-refractivity contribution in [3.8, 4) is 5.88 Å². The van der Waals surface area contributed by atoms with Crippen LogP contribution in [0.5, 0.6) is 5.88 Å². The Hall–Kier alpha value is -1.17. The summed E-state index contributed by atoms with van der Waals surface area (Å²) in [4.78, 5) is 14.3. The van der Waals surface area contributed by atoms with Crippen molar-refractivity contribution < 1.29 is 9.66 Å². The number of hydrogen-bond donors (Lipinski definition) is 0. The zero-order chi connectivity index (χ0) is 14.1. The normalized spacial score (nSPS) is 10.4. The first-order valence-electron chi connectivity index (χ1n) is 6.58. The summed E-state index contributed by atoms with van der Waals surface area (Å²) in [6, 6.07) is 1.41. The first-order chi connectivity index (χ1) is 9.15. The van der Waals surface area contributed by atoms with E-state index < -0.39 is 4.92 Å². The summed E-state index contributed by atoms with van der Waals surface area (Å²) in [6.07, 6.45) is 8.42. The van der Waals surface area contributed by atoms with E-state index in [1.807, 2.05) is 0 Å². The van der Waals surface area contributed by atoms with Gasteiger partial charge in [-0.3, -0.25) is 10.1 Å². The lowest BCUT2D eigenvalue weighted by Gasteiger charge is -2.05. The lowest BCUT2D eigenvalue weighted by atomic mass is 10.1. The quantitative estimate of drug-likeness (QED) is 0.380. The Balaban J connectivity index is 2.35. The van der Waals surface area contributed by atoms with Crippen LogP contribution in [0.15, 0.2) is 16.7 Å². The zero-order valence-electron chi connectivity index (χ0n) is 11.1. The van der Waals surface area contributed by atoms with Gasteiger partial charge in [0.05, 0.1) is 11.5 Å². The lowest BCUT2D eigenvalue weighted by Crippen LogP contribution is -2.02. The van der Waals surface area contributed by atoms with Crippen LogP contribution in [-0.2, 0) is 0 Å². The molecule has 0 N–H and O–H groups in total. The molecule has 0 fully saturated rings. The van der Waals surface area contributed by atoms with Crippen molar-refractivity contribution in [2.24, 2.45) is 0 Å². The van der Waals surface area contributed by atoms with E-state index in [1.165, 1.54) is 37.9 Å². The second kappa shape index (κ2) is 8.85. The molecule has 6 heteroatoms. The maximum Gasteiger partial charge on any atom is 0.332 e. The Labute approximate surface area is 121 Å². The highest BCUT2D eigenvalue weighted by Crippen LogP contribution is 2.27. The van der Waals surface area contributed by atoms with Gasteiger partial charge in [0, 0.05) is 16.7 Å². The molecular weight excluding hydrogens is 312 g/mol. The number of aromatic nitrogens is 1. The largest absolute Gasteiger partial charge is 0.473 e. The minimum absolute atomic E-state index is 0.0969. The Kier molecular flexibility index (Phi) is 7.40. The third kappa shape index (κ3) is 6.00. The van der Waals surface area contributed by atoms with Crippen LogP contribution in [0, 0.1) is 10.1 Å². The third-order valence-corrected chi connectivity index (χ3v) is 3.17. The van der Waals surface area contributed by atoms with Crippen LogP contribution in [0.2, 0.25) is 0 Å². The minimum Gasteiger partial charge on any atom is -0.473 e. The number of pyridine rings is 1. The van der Waals surface area contributed by atoms with Crippen LogP contribution in [0.1, 0.15) is 45.4 Å². The fraction of sp³-hybridized carbons (Fsp3) is 0.615. The topological polar surface area (TPSA) is 65.3 Å². The van der Waals surface area contributed by atoms with Gasteiger partial charge in [-0.15, -0.1) is 0 Å². The van der Waals surface area contributed by atoms with Crippen molar-refractivity contribution in [3.63, 3.8) is 0 Å². The van der Waals surface area contributed by atoms with Gasteiger partial charge in [0.2, 0.25) is 0 Å². The molecule has 0 saturated carbocycles. The van der Waals surface area contributed by atoms with Crippen molar-refractivity contribution in [3.05, 3.63) is 26.9 Å². The van der Waals surface area contributed by atoms with Gasteiger partial charge in [-0.1, -0.05) is 39.0 Å². The third-order valence-electron chi connectivity index (χ3n) is 2.73. The van der Waals surface area contributed by atoms with Gasteiger partial charge < -0.3 is 4.74 Å². The van der Waals surface area contributed by atoms with Gasteiger partial charge in [-0.05, 0) is 22.4 Å². The van der Waals surface area contributed by atoms with Crippen molar-refractivity contribution >= 4 is 21.6 Å². The van der Waals surface area contributed by atoms with E-state index in [0.29, 0.717) is 11.1 Å². The van der Waals surface area contributed by atoms with E-state index in [9.17, 15) is 10.1 Å². The van der Waals surface area contributed by atoms with Gasteiger partial charge >= 0.3 is 5.69 Å². The number of unbranched alkanes of at least 4 members (excludes halogenated alkanes) is 5. The standard InChI is InChI=1S/C13H19BrN2O3/c1-2-3-4-5-6-7-8-19-13-12(16(17)18)9-11(14)10-15-13/h9-10H,2-8H2,1H3. The Bertz CT molecular complexity index is 413. The maximum absolute atomic E-state index is 10.8. The number of nitro groups is 1. The summed E-state index contributed by atoms with van der Waals surface area (Å²) in [5, 5.41) is 10.8. The smallest absolute Gasteiger partial charge is 0.332 e. The number of halogens is 1. The predicted octanol–water partition coefficient (Wildman–Crippen LogP) is 4.49. The molecule has 0 radical (unpaired) electrons. The van der Waals surface area contributed by atoms with Gasteiger partial charge in [-0.2, -0.15) is 0 Å². The number of hydrogen-bond acceptors (Lipinski definition) is 4. The second-order valence-corrected chi connectivity index (χ2v) is 5.27. The molecule has 19 heavy (non-hydrogen) atoms. The zero-order valence-corrected chi connectivity index (χ0v) is 12.7.